The van der Waals surface area contributed by atoms with Gasteiger partial charge in [-0.2, -0.15) is 0 Å². The molecule has 0 saturated heterocycles. The molecular formula is C20H19N3OS. The van der Waals surface area contributed by atoms with Crippen molar-refractivity contribution in [2.45, 2.75) is 13.8 Å². The van der Waals surface area contributed by atoms with Crippen LogP contribution in [-0.2, 0) is 0 Å². The number of nitrogens with two attached hydrogens (primary N) is 1. The fourth-order valence-electron chi connectivity index (χ4n) is 3.50. The number of primary amides is 1. The standard InChI is InChI=1S/C20H19N3OS/c1-12-10-22-19-16(20(21)24)7-6-15(18(12)19)14-4-3-5-17(13(14)2)23-8-9-25-11-23/h3-10,22H,11H2,1-2H3,(H2,21,24). The fourth-order valence-corrected chi connectivity index (χ4v) is 4.21. The Hall–Kier alpha value is -2.66. The minimum absolute atomic E-state index is 0.414. The van der Waals surface area contributed by atoms with Crippen LogP contribution in [0.5, 0.6) is 0 Å². The Bertz CT molecular complexity index is 1020. The van der Waals surface area contributed by atoms with Crippen LogP contribution in [0.15, 0.2) is 48.1 Å². The van der Waals surface area contributed by atoms with E-state index in [1.165, 1.54) is 16.8 Å². The lowest BCUT2D eigenvalue weighted by atomic mass is 9.93. The van der Waals surface area contributed by atoms with Crippen molar-refractivity contribution in [3.8, 4) is 11.1 Å². The highest BCUT2D eigenvalue weighted by atomic mass is 32.2. The van der Waals surface area contributed by atoms with Crippen molar-refractivity contribution in [2.24, 2.45) is 5.73 Å². The molecule has 1 amide bonds. The normalized spacial score (nSPS) is 13.8. The minimum atomic E-state index is -0.414. The number of nitrogens with one attached hydrogen (secondary N) is 1. The number of anilines is 1. The van der Waals surface area contributed by atoms with Crippen LogP contribution < -0.4 is 10.6 Å². The second-order valence-electron chi connectivity index (χ2n) is 6.25. The zero-order chi connectivity index (χ0) is 17.6. The molecule has 0 aliphatic carbocycles. The summed E-state index contributed by atoms with van der Waals surface area (Å²) >= 11 is 1.79. The third-order valence-electron chi connectivity index (χ3n) is 4.75. The highest BCUT2D eigenvalue weighted by Crippen LogP contribution is 2.38. The maximum absolute atomic E-state index is 11.8. The summed E-state index contributed by atoms with van der Waals surface area (Å²) in [4.78, 5) is 17.2. The van der Waals surface area contributed by atoms with Crippen LogP contribution in [0.2, 0.25) is 0 Å². The number of aryl methyl sites for hydroxylation is 1. The third-order valence-corrected chi connectivity index (χ3v) is 5.50. The molecule has 2 heterocycles. The number of hydrogen-bond acceptors (Lipinski definition) is 3. The monoisotopic (exact) mass is 349 g/mol. The van der Waals surface area contributed by atoms with E-state index in [-0.39, 0.29) is 0 Å². The van der Waals surface area contributed by atoms with Gasteiger partial charge in [-0.3, -0.25) is 4.79 Å². The van der Waals surface area contributed by atoms with Crippen molar-refractivity contribution in [1.82, 2.24) is 4.98 Å². The Morgan fingerprint density at radius 3 is 2.76 bits per heavy atom. The number of benzene rings is 2. The van der Waals surface area contributed by atoms with Crippen molar-refractivity contribution >= 4 is 34.3 Å². The molecule has 0 atom stereocenters. The van der Waals surface area contributed by atoms with Gasteiger partial charge in [0.05, 0.1) is 17.0 Å². The zero-order valence-corrected chi connectivity index (χ0v) is 15.0. The molecule has 5 heteroatoms. The quantitative estimate of drug-likeness (QED) is 0.730. The highest BCUT2D eigenvalue weighted by molar-refractivity contribution is 8.02. The van der Waals surface area contributed by atoms with E-state index in [0.29, 0.717) is 5.56 Å². The number of amides is 1. The summed E-state index contributed by atoms with van der Waals surface area (Å²) in [6.45, 7) is 4.20. The lowest BCUT2D eigenvalue weighted by molar-refractivity contribution is 0.100. The van der Waals surface area contributed by atoms with Crippen molar-refractivity contribution in [3.05, 3.63) is 64.8 Å². The first kappa shape index (κ1) is 15.8. The van der Waals surface area contributed by atoms with E-state index in [4.69, 9.17) is 5.73 Å². The van der Waals surface area contributed by atoms with E-state index in [1.807, 2.05) is 25.3 Å². The van der Waals surface area contributed by atoms with Gasteiger partial charge in [-0.15, -0.1) is 11.8 Å². The first-order chi connectivity index (χ1) is 12.1. The van der Waals surface area contributed by atoms with Crippen molar-refractivity contribution < 1.29 is 4.79 Å². The number of aromatic amines is 1. The number of rotatable bonds is 3. The predicted molar refractivity (Wildman–Crippen MR) is 106 cm³/mol. The Morgan fingerprint density at radius 2 is 2.04 bits per heavy atom. The molecule has 4 nitrogen and oxygen atoms in total. The Balaban J connectivity index is 1.95. The van der Waals surface area contributed by atoms with Gasteiger partial charge >= 0.3 is 0 Å². The molecule has 2 aromatic carbocycles. The average Bonchev–Trinajstić information content (AvgIpc) is 3.25. The topological polar surface area (TPSA) is 62.1 Å². The number of aromatic nitrogens is 1. The van der Waals surface area contributed by atoms with E-state index in [9.17, 15) is 4.79 Å². The molecule has 1 aromatic heterocycles. The number of carbonyl (C=O) groups is 1. The summed E-state index contributed by atoms with van der Waals surface area (Å²) in [7, 11) is 0. The van der Waals surface area contributed by atoms with E-state index < -0.39 is 5.91 Å². The number of thioether (sulfide) groups is 1. The highest BCUT2D eigenvalue weighted by Gasteiger charge is 2.18. The van der Waals surface area contributed by atoms with Gasteiger partial charge in [-0.25, -0.2) is 0 Å². The minimum Gasteiger partial charge on any atom is -0.366 e. The second-order valence-corrected chi connectivity index (χ2v) is 7.11. The largest absolute Gasteiger partial charge is 0.366 e. The summed E-state index contributed by atoms with van der Waals surface area (Å²) in [6.07, 6.45) is 4.05. The number of fused-ring (bicyclic) bond motifs is 1. The van der Waals surface area contributed by atoms with Gasteiger partial charge in [-0.1, -0.05) is 18.2 Å². The van der Waals surface area contributed by atoms with E-state index in [0.717, 1.165) is 27.9 Å². The lowest BCUT2D eigenvalue weighted by Crippen LogP contribution is -2.13. The number of nitrogens with zero attached hydrogens (tertiary/aromatic N) is 1. The van der Waals surface area contributed by atoms with Gasteiger partial charge in [0.1, 0.15) is 0 Å². The summed E-state index contributed by atoms with van der Waals surface area (Å²) < 4.78 is 0. The van der Waals surface area contributed by atoms with Gasteiger partial charge in [0.25, 0.3) is 5.91 Å². The maximum atomic E-state index is 11.8. The third kappa shape index (κ3) is 2.51. The first-order valence-electron chi connectivity index (χ1n) is 8.13. The summed E-state index contributed by atoms with van der Waals surface area (Å²) in [5.41, 5.74) is 12.7. The van der Waals surface area contributed by atoms with Crippen LogP contribution in [0.3, 0.4) is 0 Å². The Kier molecular flexibility index (Phi) is 3.81. The summed E-state index contributed by atoms with van der Waals surface area (Å²) in [5, 5.41) is 3.17. The first-order valence-corrected chi connectivity index (χ1v) is 9.18. The van der Waals surface area contributed by atoms with Gasteiger partial charge in [-0.05, 0) is 53.6 Å². The molecule has 126 valence electrons. The molecule has 4 rings (SSSR count). The molecule has 25 heavy (non-hydrogen) atoms. The summed E-state index contributed by atoms with van der Waals surface area (Å²) in [5.74, 6) is 0.520. The molecule has 1 aliphatic heterocycles. The molecule has 0 bridgehead atoms. The molecule has 0 saturated carbocycles. The predicted octanol–water partition coefficient (Wildman–Crippen LogP) is 4.53. The van der Waals surface area contributed by atoms with Crippen LogP contribution in [0.4, 0.5) is 5.69 Å². The van der Waals surface area contributed by atoms with Crippen molar-refractivity contribution in [2.75, 3.05) is 10.8 Å². The van der Waals surface area contributed by atoms with Crippen LogP contribution in [0, 0.1) is 13.8 Å². The van der Waals surface area contributed by atoms with Gasteiger partial charge in [0, 0.05) is 23.5 Å². The zero-order valence-electron chi connectivity index (χ0n) is 14.2. The lowest BCUT2D eigenvalue weighted by Gasteiger charge is -2.20. The van der Waals surface area contributed by atoms with Gasteiger partial charge < -0.3 is 15.6 Å². The molecule has 0 fully saturated rings. The number of carbonyl (C=O) groups excluding carboxylic acids is 1. The van der Waals surface area contributed by atoms with Gasteiger partial charge in [0.2, 0.25) is 0 Å². The molecule has 3 aromatic rings. The molecular weight excluding hydrogens is 330 g/mol. The number of H-pyrrole nitrogens is 1. The maximum Gasteiger partial charge on any atom is 0.250 e. The SMILES string of the molecule is Cc1c(-c2ccc(C(N)=O)c3[nH]cc(C)c23)cccc1N1C=CSC1. The molecule has 0 spiro atoms. The van der Waals surface area contributed by atoms with Gasteiger partial charge in [0.15, 0.2) is 0 Å². The number of hydrogen-bond donors (Lipinski definition) is 2. The van der Waals surface area contributed by atoms with Crippen molar-refractivity contribution in [3.63, 3.8) is 0 Å². The molecule has 0 radical (unpaired) electrons. The van der Waals surface area contributed by atoms with E-state index >= 15 is 0 Å². The van der Waals surface area contributed by atoms with Crippen molar-refractivity contribution in [1.29, 1.82) is 0 Å². The van der Waals surface area contributed by atoms with Crippen LogP contribution in [-0.4, -0.2) is 16.8 Å². The van der Waals surface area contributed by atoms with Crippen LogP contribution >= 0.6 is 11.8 Å². The molecule has 1 aliphatic rings. The van der Waals surface area contributed by atoms with E-state index in [1.54, 1.807) is 11.8 Å². The van der Waals surface area contributed by atoms with E-state index in [2.05, 4.69) is 46.6 Å². The summed E-state index contributed by atoms with van der Waals surface area (Å²) in [6, 6.07) is 10.2. The Labute approximate surface area is 150 Å². The average molecular weight is 349 g/mol. The fraction of sp³-hybridized carbons (Fsp3) is 0.150. The van der Waals surface area contributed by atoms with Crippen LogP contribution in [0.1, 0.15) is 21.5 Å². The molecule has 0 unspecified atom stereocenters. The molecule has 3 N–H and O–H groups in total. The second kappa shape index (κ2) is 6.01. The smallest absolute Gasteiger partial charge is 0.250 e. The van der Waals surface area contributed by atoms with Crippen LogP contribution in [0.25, 0.3) is 22.0 Å². The Morgan fingerprint density at radius 1 is 1.20 bits per heavy atom.